The molecule has 3 aromatic rings. The average Bonchev–Trinajstić information content (AvgIpc) is 3.76. The minimum atomic E-state index is -2.74. The molecule has 33 heavy (non-hydrogen) atoms. The van der Waals surface area contributed by atoms with Crippen molar-refractivity contribution in [2.45, 2.75) is 31.6 Å². The fourth-order valence-electron chi connectivity index (χ4n) is 3.31. The van der Waals surface area contributed by atoms with Gasteiger partial charge in [0, 0.05) is 35.2 Å². The highest BCUT2D eigenvalue weighted by atomic mass is 16.5. The van der Waals surface area contributed by atoms with Gasteiger partial charge in [0.25, 0.3) is 5.91 Å². The number of rotatable bonds is 8. The van der Waals surface area contributed by atoms with Crippen LogP contribution in [0.4, 0.5) is 17.3 Å². The highest BCUT2D eigenvalue weighted by molar-refractivity contribution is 5.99. The number of carbonyl (C=O) groups excluding carboxylic acids is 2. The lowest BCUT2D eigenvalue weighted by molar-refractivity contribution is -0.117. The summed E-state index contributed by atoms with van der Waals surface area (Å²) in [6, 6.07) is 3.08. The Morgan fingerprint density at radius 1 is 1.21 bits per heavy atom. The minimum absolute atomic E-state index is 0.0676. The summed E-state index contributed by atoms with van der Waals surface area (Å²) in [7, 11) is 1.46. The molecule has 2 fully saturated rings. The van der Waals surface area contributed by atoms with Crippen LogP contribution >= 0.6 is 0 Å². The monoisotopic (exact) mass is 452 g/mol. The van der Waals surface area contributed by atoms with Crippen molar-refractivity contribution in [3.05, 3.63) is 36.2 Å². The van der Waals surface area contributed by atoms with Gasteiger partial charge in [-0.2, -0.15) is 5.10 Å². The lowest BCUT2D eigenvalue weighted by Gasteiger charge is -2.15. The molecular weight excluding hydrogens is 426 g/mol. The van der Waals surface area contributed by atoms with Crippen molar-refractivity contribution in [2.75, 3.05) is 24.7 Å². The summed E-state index contributed by atoms with van der Waals surface area (Å²) in [5.74, 6) is 0.449. The summed E-state index contributed by atoms with van der Waals surface area (Å²) in [5.41, 5.74) is 0.312. The van der Waals surface area contributed by atoms with Crippen LogP contribution in [0.2, 0.25) is 0 Å². The number of carbonyl (C=O) groups is 2. The summed E-state index contributed by atoms with van der Waals surface area (Å²) in [6.45, 7) is -2.74. The second-order valence-corrected chi connectivity index (χ2v) is 7.87. The van der Waals surface area contributed by atoms with E-state index in [2.05, 4.69) is 35.9 Å². The number of nitrogens with zero attached hydrogens (tertiary/aromatic N) is 6. The first kappa shape index (κ1) is 17.5. The average molecular weight is 452 g/mol. The fraction of sp³-hybridized carbons (Fsp3) is 0.381. The van der Waals surface area contributed by atoms with E-state index in [1.54, 1.807) is 17.1 Å². The zero-order valence-corrected chi connectivity index (χ0v) is 17.7. The van der Waals surface area contributed by atoms with E-state index in [1.165, 1.54) is 19.4 Å². The van der Waals surface area contributed by atoms with E-state index in [9.17, 15) is 9.59 Å². The molecule has 3 aromatic heterocycles. The van der Waals surface area contributed by atoms with Crippen molar-refractivity contribution in [3.8, 4) is 11.4 Å². The van der Waals surface area contributed by atoms with Crippen LogP contribution in [0.1, 0.15) is 52.0 Å². The summed E-state index contributed by atoms with van der Waals surface area (Å²) in [6.07, 6.45) is 6.81. The van der Waals surface area contributed by atoms with Gasteiger partial charge in [-0.1, -0.05) is 0 Å². The Bertz CT molecular complexity index is 1320. The van der Waals surface area contributed by atoms with Gasteiger partial charge >= 0.3 is 0 Å². The molecule has 0 aliphatic heterocycles. The summed E-state index contributed by atoms with van der Waals surface area (Å²) in [4.78, 5) is 33.5. The van der Waals surface area contributed by atoms with Gasteiger partial charge < -0.3 is 20.7 Å². The molecule has 5 rings (SSSR count). The van der Waals surface area contributed by atoms with Crippen molar-refractivity contribution >= 4 is 29.1 Å². The van der Waals surface area contributed by atoms with Crippen LogP contribution in [0.25, 0.3) is 5.69 Å². The molecule has 0 aromatic carbocycles. The maximum atomic E-state index is 12.7. The Balaban J connectivity index is 1.49. The van der Waals surface area contributed by atoms with Crippen LogP contribution in [0.3, 0.4) is 0 Å². The molecule has 12 nitrogen and oxygen atoms in total. The fourth-order valence-corrected chi connectivity index (χ4v) is 3.31. The molecule has 0 saturated heterocycles. The Kier molecular flexibility index (Phi) is 4.47. The molecule has 3 N–H and O–H groups in total. The number of methoxy groups -OCH3 is 1. The first-order valence-electron chi connectivity index (χ1n) is 11.9. The van der Waals surface area contributed by atoms with E-state index in [0.29, 0.717) is 17.4 Å². The van der Waals surface area contributed by atoms with E-state index in [-0.39, 0.29) is 34.8 Å². The van der Waals surface area contributed by atoms with Crippen LogP contribution in [-0.2, 0) is 4.79 Å². The SMILES string of the molecule is [2H]C([2H])([2H])NC(=O)c1nnc(NC(=O)C2CC2)cc1Nc1nccc(-n2cnc(C3CC3)n2)c1OC. The minimum Gasteiger partial charge on any atom is -0.491 e. The maximum absolute atomic E-state index is 12.7. The van der Waals surface area contributed by atoms with Gasteiger partial charge in [0.15, 0.2) is 28.9 Å². The molecule has 0 atom stereocenters. The van der Waals surface area contributed by atoms with Crippen LogP contribution in [0, 0.1) is 5.92 Å². The molecular formula is C21H23N9O3. The smallest absolute Gasteiger partial charge is 0.273 e. The molecule has 2 aliphatic carbocycles. The van der Waals surface area contributed by atoms with Crippen LogP contribution < -0.4 is 20.7 Å². The zero-order valence-electron chi connectivity index (χ0n) is 20.7. The highest BCUT2D eigenvalue weighted by Gasteiger charge is 2.30. The van der Waals surface area contributed by atoms with E-state index >= 15 is 0 Å². The van der Waals surface area contributed by atoms with E-state index in [0.717, 1.165) is 31.5 Å². The molecule has 0 spiro atoms. The number of aromatic nitrogens is 6. The van der Waals surface area contributed by atoms with Crippen molar-refractivity contribution in [1.82, 2.24) is 35.3 Å². The third kappa shape index (κ3) is 4.31. The highest BCUT2D eigenvalue weighted by Crippen LogP contribution is 2.39. The standard InChI is InChI=1S/C21H23N9O3/c1-22-21(32)16-13(9-15(27-28-16)26-20(31)12-5-6-12)25-19-17(33-2)14(7-8-23-19)30-10-24-18(29-30)11-3-4-11/h7-12H,3-6H2,1-2H3,(H,22,32)(H2,23,25,26,27,31)/i1D3. The van der Waals surface area contributed by atoms with Crippen LogP contribution in [0.5, 0.6) is 5.75 Å². The van der Waals surface area contributed by atoms with Gasteiger partial charge in [0.05, 0.1) is 12.8 Å². The van der Waals surface area contributed by atoms with Crippen LogP contribution in [0.15, 0.2) is 24.7 Å². The topological polar surface area (TPSA) is 149 Å². The summed E-state index contributed by atoms with van der Waals surface area (Å²) in [5, 5.41) is 19.8. The third-order valence-corrected chi connectivity index (χ3v) is 5.36. The second-order valence-electron chi connectivity index (χ2n) is 7.87. The van der Waals surface area contributed by atoms with E-state index in [1.807, 2.05) is 5.32 Å². The van der Waals surface area contributed by atoms with Gasteiger partial charge in [-0.15, -0.1) is 10.2 Å². The number of pyridine rings is 1. The quantitative estimate of drug-likeness (QED) is 0.465. The Morgan fingerprint density at radius 3 is 2.79 bits per heavy atom. The van der Waals surface area contributed by atoms with Crippen LogP contribution in [-0.4, -0.2) is 55.8 Å². The Morgan fingerprint density at radius 2 is 2.06 bits per heavy atom. The third-order valence-electron chi connectivity index (χ3n) is 5.36. The van der Waals surface area contributed by atoms with Crippen molar-refractivity contribution in [2.24, 2.45) is 5.92 Å². The van der Waals surface area contributed by atoms with Gasteiger partial charge in [0.2, 0.25) is 5.91 Å². The number of nitrogens with one attached hydrogen (secondary N) is 3. The predicted octanol–water partition coefficient (Wildman–Crippen LogP) is 1.79. The van der Waals surface area contributed by atoms with E-state index in [4.69, 9.17) is 8.85 Å². The normalized spacial score (nSPS) is 16.8. The number of ether oxygens (including phenoxy) is 1. The van der Waals surface area contributed by atoms with Crippen molar-refractivity contribution in [1.29, 1.82) is 0 Å². The molecule has 2 amide bonds. The first-order chi connectivity index (χ1) is 17.2. The maximum Gasteiger partial charge on any atom is 0.273 e. The molecule has 0 bridgehead atoms. The Labute approximate surface area is 193 Å². The van der Waals surface area contributed by atoms with Gasteiger partial charge in [0.1, 0.15) is 12.0 Å². The lowest BCUT2D eigenvalue weighted by atomic mass is 10.2. The van der Waals surface area contributed by atoms with Crippen molar-refractivity contribution < 1.29 is 18.4 Å². The number of hydrogen-bond donors (Lipinski definition) is 3. The lowest BCUT2D eigenvalue weighted by Crippen LogP contribution is -2.22. The van der Waals surface area contributed by atoms with Gasteiger partial charge in [-0.25, -0.2) is 14.6 Å². The summed E-state index contributed by atoms with van der Waals surface area (Å²) >= 11 is 0. The van der Waals surface area contributed by atoms with Gasteiger partial charge in [-0.05, 0) is 31.7 Å². The van der Waals surface area contributed by atoms with Gasteiger partial charge in [-0.3, -0.25) is 9.59 Å². The molecule has 170 valence electrons. The summed E-state index contributed by atoms with van der Waals surface area (Å²) < 4.78 is 29.2. The molecule has 0 radical (unpaired) electrons. The first-order valence-corrected chi connectivity index (χ1v) is 10.4. The molecule has 0 unspecified atom stereocenters. The molecule has 12 heteroatoms. The molecule has 3 heterocycles. The zero-order chi connectivity index (χ0) is 25.4. The van der Waals surface area contributed by atoms with E-state index < -0.39 is 12.9 Å². The second kappa shape index (κ2) is 8.45. The Hall–Kier alpha value is -4.09. The number of anilines is 3. The number of hydrogen-bond acceptors (Lipinski definition) is 9. The van der Waals surface area contributed by atoms with Crippen molar-refractivity contribution in [3.63, 3.8) is 0 Å². The number of amides is 2. The molecule has 2 saturated carbocycles. The molecule has 2 aliphatic rings. The predicted molar refractivity (Wildman–Crippen MR) is 118 cm³/mol. The largest absolute Gasteiger partial charge is 0.491 e.